The zero-order valence-electron chi connectivity index (χ0n) is 14.7. The number of Topliss-reactive ketones (excluding diaryl/α,β-unsaturated/α-hetero) is 1. The Morgan fingerprint density at radius 1 is 1.04 bits per heavy atom. The first-order valence-electron chi connectivity index (χ1n) is 9.30. The van der Waals surface area contributed by atoms with E-state index >= 15 is 0 Å². The van der Waals surface area contributed by atoms with Crippen molar-refractivity contribution in [3.63, 3.8) is 0 Å². The van der Waals surface area contributed by atoms with Crippen molar-refractivity contribution in [1.29, 1.82) is 0 Å². The second kappa shape index (κ2) is 6.97. The Bertz CT molecular complexity index is 804. The predicted molar refractivity (Wildman–Crippen MR) is 100.0 cm³/mol. The van der Waals surface area contributed by atoms with Gasteiger partial charge in [-0.15, -0.1) is 0 Å². The Labute approximate surface area is 149 Å². The number of ketones is 1. The largest absolute Gasteiger partial charge is 0.368 e. The van der Waals surface area contributed by atoms with Crippen LogP contribution in [-0.4, -0.2) is 5.78 Å². The molecule has 4 rings (SSSR count). The van der Waals surface area contributed by atoms with Gasteiger partial charge in [-0.1, -0.05) is 67.9 Å². The number of hydrogen-bond acceptors (Lipinski definition) is 2. The van der Waals surface area contributed by atoms with E-state index in [1.54, 1.807) is 0 Å². The Hall–Kier alpha value is -2.19. The van der Waals surface area contributed by atoms with Gasteiger partial charge in [0, 0.05) is 12.3 Å². The van der Waals surface area contributed by atoms with Crippen molar-refractivity contribution in [2.24, 2.45) is 5.92 Å². The van der Waals surface area contributed by atoms with E-state index in [2.05, 4.69) is 43.3 Å². The maximum Gasteiger partial charge on any atom is 0.159 e. The Balaban J connectivity index is 1.66. The lowest BCUT2D eigenvalue weighted by Gasteiger charge is -2.19. The van der Waals surface area contributed by atoms with Crippen molar-refractivity contribution in [3.8, 4) is 0 Å². The summed E-state index contributed by atoms with van der Waals surface area (Å²) in [4.78, 5) is 12.6. The summed E-state index contributed by atoms with van der Waals surface area (Å²) in [6, 6.07) is 18.7. The molecule has 2 unspecified atom stereocenters. The van der Waals surface area contributed by atoms with E-state index in [4.69, 9.17) is 4.74 Å². The lowest BCUT2D eigenvalue weighted by atomic mass is 9.98. The highest BCUT2D eigenvalue weighted by Gasteiger charge is 2.44. The van der Waals surface area contributed by atoms with Crippen LogP contribution in [-0.2, 0) is 16.1 Å². The molecular weight excluding hydrogens is 308 g/mol. The standard InChI is InChI=1S/C23H24O2/c1-2-3-11-19-21(24)14-20-22(19)17-12-7-8-13-18(17)23(20)25-15-16-9-5-4-6-10-16/h4-10,12-13,20,23H,2-3,11,14-15H2,1H3. The summed E-state index contributed by atoms with van der Waals surface area (Å²) in [5.41, 5.74) is 5.99. The van der Waals surface area contributed by atoms with E-state index in [1.165, 1.54) is 22.3 Å². The van der Waals surface area contributed by atoms with Gasteiger partial charge in [-0.2, -0.15) is 0 Å². The highest BCUT2D eigenvalue weighted by atomic mass is 16.5. The molecule has 128 valence electrons. The molecule has 0 saturated heterocycles. The van der Waals surface area contributed by atoms with E-state index in [9.17, 15) is 4.79 Å². The molecule has 0 N–H and O–H groups in total. The first kappa shape index (κ1) is 16.3. The van der Waals surface area contributed by atoms with Gasteiger partial charge < -0.3 is 4.74 Å². The molecule has 0 spiro atoms. The number of rotatable bonds is 6. The molecular formula is C23H24O2. The summed E-state index contributed by atoms with van der Waals surface area (Å²) in [7, 11) is 0. The summed E-state index contributed by atoms with van der Waals surface area (Å²) in [5.74, 6) is 0.525. The average Bonchev–Trinajstić information content (AvgIpc) is 3.12. The van der Waals surface area contributed by atoms with Crippen molar-refractivity contribution >= 4 is 11.4 Å². The van der Waals surface area contributed by atoms with Crippen LogP contribution >= 0.6 is 0 Å². The molecule has 2 aliphatic rings. The molecule has 0 bridgehead atoms. The van der Waals surface area contributed by atoms with E-state index in [0.717, 1.165) is 24.8 Å². The minimum absolute atomic E-state index is 0.00511. The molecule has 0 saturated carbocycles. The number of unbranched alkanes of at least 4 members (excludes halogenated alkanes) is 1. The summed E-state index contributed by atoms with van der Waals surface area (Å²) >= 11 is 0. The second-order valence-electron chi connectivity index (χ2n) is 7.03. The topological polar surface area (TPSA) is 26.3 Å². The number of hydrogen-bond donors (Lipinski definition) is 0. The van der Waals surface area contributed by atoms with Crippen LogP contribution in [0, 0.1) is 5.92 Å². The van der Waals surface area contributed by atoms with Crippen LogP contribution < -0.4 is 0 Å². The van der Waals surface area contributed by atoms with Crippen LogP contribution in [0.25, 0.3) is 5.57 Å². The van der Waals surface area contributed by atoms with Crippen LogP contribution in [0.4, 0.5) is 0 Å². The van der Waals surface area contributed by atoms with Gasteiger partial charge in [0.15, 0.2) is 5.78 Å². The quantitative estimate of drug-likeness (QED) is 0.699. The number of carbonyl (C=O) groups excluding carboxylic acids is 1. The third kappa shape index (κ3) is 2.96. The Kier molecular flexibility index (Phi) is 4.54. The molecule has 2 aromatic rings. The monoisotopic (exact) mass is 332 g/mol. The van der Waals surface area contributed by atoms with Crippen LogP contribution in [0.5, 0.6) is 0 Å². The molecule has 0 aliphatic heterocycles. The van der Waals surface area contributed by atoms with E-state index in [1.807, 2.05) is 18.2 Å². The molecule has 0 amide bonds. The summed E-state index contributed by atoms with van der Waals surface area (Å²) in [6.45, 7) is 2.76. The molecule has 2 atom stereocenters. The van der Waals surface area contributed by atoms with Crippen molar-refractivity contribution in [2.75, 3.05) is 0 Å². The first-order chi connectivity index (χ1) is 12.3. The van der Waals surface area contributed by atoms with Crippen LogP contribution in [0.3, 0.4) is 0 Å². The van der Waals surface area contributed by atoms with Gasteiger partial charge in [0.1, 0.15) is 0 Å². The number of benzene rings is 2. The molecule has 2 heteroatoms. The molecule has 25 heavy (non-hydrogen) atoms. The van der Waals surface area contributed by atoms with Crippen LogP contribution in [0.2, 0.25) is 0 Å². The summed E-state index contributed by atoms with van der Waals surface area (Å²) < 4.78 is 6.34. The number of carbonyl (C=O) groups is 1. The lowest BCUT2D eigenvalue weighted by Crippen LogP contribution is -2.11. The molecule has 0 heterocycles. The third-order valence-electron chi connectivity index (χ3n) is 5.41. The zero-order valence-corrected chi connectivity index (χ0v) is 14.7. The van der Waals surface area contributed by atoms with Crippen molar-refractivity contribution in [3.05, 3.63) is 76.9 Å². The first-order valence-corrected chi connectivity index (χ1v) is 9.30. The van der Waals surface area contributed by atoms with Gasteiger partial charge >= 0.3 is 0 Å². The second-order valence-corrected chi connectivity index (χ2v) is 7.03. The maximum absolute atomic E-state index is 12.6. The maximum atomic E-state index is 12.6. The minimum Gasteiger partial charge on any atom is -0.368 e. The van der Waals surface area contributed by atoms with Crippen molar-refractivity contribution in [2.45, 2.75) is 45.3 Å². The van der Waals surface area contributed by atoms with E-state index in [-0.39, 0.29) is 12.0 Å². The smallest absolute Gasteiger partial charge is 0.159 e. The molecule has 0 radical (unpaired) electrons. The minimum atomic E-state index is -0.00511. The molecule has 0 aromatic heterocycles. The molecule has 2 aromatic carbocycles. The predicted octanol–water partition coefficient (Wildman–Crippen LogP) is 5.49. The molecule has 2 aliphatic carbocycles. The zero-order chi connectivity index (χ0) is 17.2. The summed E-state index contributed by atoms with van der Waals surface area (Å²) in [5, 5.41) is 0. The fourth-order valence-corrected chi connectivity index (χ4v) is 4.22. The highest BCUT2D eigenvalue weighted by Crippen LogP contribution is 2.54. The number of allylic oxidation sites excluding steroid dienone is 1. The van der Waals surface area contributed by atoms with E-state index < -0.39 is 0 Å². The fraction of sp³-hybridized carbons (Fsp3) is 0.348. The van der Waals surface area contributed by atoms with Gasteiger partial charge in [-0.05, 0) is 40.7 Å². The van der Waals surface area contributed by atoms with Gasteiger partial charge in [0.05, 0.1) is 12.7 Å². The van der Waals surface area contributed by atoms with Crippen molar-refractivity contribution in [1.82, 2.24) is 0 Å². The van der Waals surface area contributed by atoms with Gasteiger partial charge in [-0.25, -0.2) is 0 Å². The average molecular weight is 332 g/mol. The van der Waals surface area contributed by atoms with Crippen LogP contribution in [0.1, 0.15) is 55.4 Å². The Morgan fingerprint density at radius 3 is 2.60 bits per heavy atom. The normalized spacial score (nSPS) is 21.6. The lowest BCUT2D eigenvalue weighted by molar-refractivity contribution is -0.116. The molecule has 0 fully saturated rings. The Morgan fingerprint density at radius 2 is 1.80 bits per heavy atom. The number of ether oxygens (including phenoxy) is 1. The third-order valence-corrected chi connectivity index (χ3v) is 5.41. The van der Waals surface area contributed by atoms with Crippen molar-refractivity contribution < 1.29 is 9.53 Å². The van der Waals surface area contributed by atoms with Crippen LogP contribution in [0.15, 0.2) is 60.2 Å². The van der Waals surface area contributed by atoms with Gasteiger partial charge in [-0.3, -0.25) is 4.79 Å². The van der Waals surface area contributed by atoms with Gasteiger partial charge in [0.2, 0.25) is 0 Å². The van der Waals surface area contributed by atoms with E-state index in [0.29, 0.717) is 18.8 Å². The molecule has 2 nitrogen and oxygen atoms in total. The fourth-order valence-electron chi connectivity index (χ4n) is 4.22. The summed E-state index contributed by atoms with van der Waals surface area (Å²) in [6.07, 6.45) is 3.69. The van der Waals surface area contributed by atoms with Gasteiger partial charge in [0.25, 0.3) is 0 Å². The number of fused-ring (bicyclic) bond motifs is 3. The SMILES string of the molecule is CCCCC1=C2c3ccccc3C(OCc3ccccc3)C2CC1=O. The highest BCUT2D eigenvalue weighted by molar-refractivity contribution is 6.09.